The van der Waals surface area contributed by atoms with E-state index in [0.29, 0.717) is 22.7 Å². The van der Waals surface area contributed by atoms with Gasteiger partial charge in [0.2, 0.25) is 0 Å². The van der Waals surface area contributed by atoms with E-state index in [1.807, 2.05) is 27.7 Å². The molecule has 3 rings (SSSR count). The Morgan fingerprint density at radius 2 is 2.12 bits per heavy atom. The number of anilines is 1. The molecular weight excluding hydrogens is 425 g/mol. The summed E-state index contributed by atoms with van der Waals surface area (Å²) in [4.78, 5) is 21.0. The maximum absolute atomic E-state index is 14.0. The van der Waals surface area contributed by atoms with Crippen molar-refractivity contribution < 1.29 is 13.7 Å². The lowest BCUT2D eigenvalue weighted by molar-refractivity contribution is 0.0920. The standard InChI is InChI=1S/C23H26FN7O2/c1-6-7-8-15(14(2)24)13-31-19(17-9-10-33-30-17)11-18(29-31)21-26-12-16(20(25)27-21)22(32)28-23(3,4)5/h6-12H,2,13H2,1,3-5H3,(H,28,32)(H2,25,26,27)/b7-6-,15-8-. The number of nitrogens with two attached hydrogens (primary N) is 1. The molecular formula is C23H26FN7O2. The molecule has 0 aliphatic rings. The molecule has 0 fully saturated rings. The van der Waals surface area contributed by atoms with E-state index >= 15 is 0 Å². The van der Waals surface area contributed by atoms with Crippen LogP contribution in [0.5, 0.6) is 0 Å². The highest BCUT2D eigenvalue weighted by Gasteiger charge is 2.21. The molecule has 0 radical (unpaired) electrons. The number of hydrogen-bond acceptors (Lipinski definition) is 7. The van der Waals surface area contributed by atoms with E-state index in [1.54, 1.807) is 35.0 Å². The molecule has 0 aliphatic carbocycles. The van der Waals surface area contributed by atoms with E-state index < -0.39 is 11.4 Å². The van der Waals surface area contributed by atoms with Gasteiger partial charge >= 0.3 is 0 Å². The summed E-state index contributed by atoms with van der Waals surface area (Å²) in [5.41, 5.74) is 7.53. The molecule has 0 saturated carbocycles. The predicted molar refractivity (Wildman–Crippen MR) is 124 cm³/mol. The molecule has 0 unspecified atom stereocenters. The zero-order chi connectivity index (χ0) is 24.2. The Morgan fingerprint density at radius 1 is 1.36 bits per heavy atom. The Hall–Kier alpha value is -4.08. The Kier molecular flexibility index (Phi) is 6.86. The highest BCUT2D eigenvalue weighted by Crippen LogP contribution is 2.26. The van der Waals surface area contributed by atoms with Crippen molar-refractivity contribution in [2.24, 2.45) is 0 Å². The van der Waals surface area contributed by atoms with Crippen LogP contribution in [0.1, 0.15) is 38.1 Å². The van der Waals surface area contributed by atoms with Gasteiger partial charge in [-0.15, -0.1) is 0 Å². The van der Waals surface area contributed by atoms with Crippen LogP contribution in [-0.2, 0) is 6.54 Å². The number of nitrogens with zero attached hydrogens (tertiary/aromatic N) is 5. The first-order valence-corrected chi connectivity index (χ1v) is 10.2. The summed E-state index contributed by atoms with van der Waals surface area (Å²) in [5, 5.41) is 11.3. The van der Waals surface area contributed by atoms with Crippen LogP contribution in [0, 0.1) is 0 Å². The van der Waals surface area contributed by atoms with Crippen LogP contribution in [0.15, 0.2) is 65.3 Å². The average Bonchev–Trinajstić information content (AvgIpc) is 3.39. The van der Waals surface area contributed by atoms with Crippen molar-refractivity contribution in [3.8, 4) is 22.9 Å². The molecule has 0 atom stereocenters. The first-order valence-electron chi connectivity index (χ1n) is 10.2. The molecule has 10 heteroatoms. The summed E-state index contributed by atoms with van der Waals surface area (Å²) in [5.74, 6) is -0.724. The van der Waals surface area contributed by atoms with Crippen molar-refractivity contribution in [1.29, 1.82) is 0 Å². The molecule has 0 spiro atoms. The molecule has 9 nitrogen and oxygen atoms in total. The summed E-state index contributed by atoms with van der Waals surface area (Å²) in [6.45, 7) is 10.9. The normalized spacial score (nSPS) is 12.3. The van der Waals surface area contributed by atoms with Gasteiger partial charge in [0.25, 0.3) is 5.91 Å². The molecule has 3 heterocycles. The monoisotopic (exact) mass is 451 g/mol. The molecule has 1 amide bonds. The van der Waals surface area contributed by atoms with Gasteiger partial charge in [-0.1, -0.05) is 30.0 Å². The summed E-state index contributed by atoms with van der Waals surface area (Å²) >= 11 is 0. The SMILES string of the molecule is C=C(F)/C(=C\C=C/C)Cn1nc(-c2ncc(C(=O)NC(C)(C)C)c(N)n2)cc1-c1ccon1. The number of rotatable bonds is 7. The fraction of sp³-hybridized carbons (Fsp3) is 0.261. The first kappa shape index (κ1) is 23.6. The van der Waals surface area contributed by atoms with Crippen molar-refractivity contribution in [2.75, 3.05) is 5.73 Å². The number of aromatic nitrogens is 5. The molecule has 0 bridgehead atoms. The van der Waals surface area contributed by atoms with E-state index in [1.165, 1.54) is 12.5 Å². The van der Waals surface area contributed by atoms with Crippen LogP contribution < -0.4 is 11.1 Å². The predicted octanol–water partition coefficient (Wildman–Crippen LogP) is 4.09. The molecule has 33 heavy (non-hydrogen) atoms. The number of nitrogen functional groups attached to an aromatic ring is 1. The zero-order valence-corrected chi connectivity index (χ0v) is 19.0. The number of carbonyl (C=O) groups excluding carboxylic acids is 1. The molecule has 0 aliphatic heterocycles. The minimum Gasteiger partial charge on any atom is -0.383 e. The maximum atomic E-state index is 14.0. The van der Waals surface area contributed by atoms with Crippen LogP contribution >= 0.6 is 0 Å². The Balaban J connectivity index is 2.01. The third-order valence-electron chi connectivity index (χ3n) is 4.42. The number of allylic oxidation sites excluding steroid dienone is 5. The van der Waals surface area contributed by atoms with Crippen LogP contribution in [0.25, 0.3) is 22.9 Å². The minimum absolute atomic E-state index is 0.0186. The van der Waals surface area contributed by atoms with Gasteiger partial charge < -0.3 is 15.6 Å². The lowest BCUT2D eigenvalue weighted by Crippen LogP contribution is -2.41. The van der Waals surface area contributed by atoms with Crippen LogP contribution in [0.3, 0.4) is 0 Å². The highest BCUT2D eigenvalue weighted by molar-refractivity contribution is 5.98. The molecule has 3 N–H and O–H groups in total. The van der Waals surface area contributed by atoms with Gasteiger partial charge in [-0.25, -0.2) is 14.4 Å². The summed E-state index contributed by atoms with van der Waals surface area (Å²) in [7, 11) is 0. The number of hydrogen-bond donors (Lipinski definition) is 2. The topological polar surface area (TPSA) is 125 Å². The van der Waals surface area contributed by atoms with Gasteiger partial charge in [0.05, 0.1) is 17.8 Å². The molecule has 3 aromatic rings. The second kappa shape index (κ2) is 9.60. The van der Waals surface area contributed by atoms with Crippen molar-refractivity contribution in [1.82, 2.24) is 30.2 Å². The Bertz CT molecular complexity index is 1220. The number of carbonyl (C=O) groups is 1. The van der Waals surface area contributed by atoms with Gasteiger partial charge in [-0.3, -0.25) is 9.48 Å². The fourth-order valence-electron chi connectivity index (χ4n) is 2.90. The average molecular weight is 452 g/mol. The third-order valence-corrected chi connectivity index (χ3v) is 4.42. The number of halogens is 1. The van der Waals surface area contributed by atoms with Gasteiger partial charge in [0, 0.05) is 23.4 Å². The van der Waals surface area contributed by atoms with Gasteiger partial charge in [-0.05, 0) is 33.8 Å². The third kappa shape index (κ3) is 5.79. The van der Waals surface area contributed by atoms with Crippen LogP contribution in [0.4, 0.5) is 10.2 Å². The first-order chi connectivity index (χ1) is 15.6. The lowest BCUT2D eigenvalue weighted by atomic mass is 10.1. The van der Waals surface area contributed by atoms with Crippen LogP contribution in [-0.4, -0.2) is 36.4 Å². The zero-order valence-electron chi connectivity index (χ0n) is 19.0. The maximum Gasteiger partial charge on any atom is 0.257 e. The summed E-state index contributed by atoms with van der Waals surface area (Å²) in [6.07, 6.45) is 7.89. The summed E-state index contributed by atoms with van der Waals surface area (Å²) < 4.78 is 20.5. The highest BCUT2D eigenvalue weighted by atomic mass is 19.1. The second-order valence-corrected chi connectivity index (χ2v) is 8.28. The molecule has 3 aromatic heterocycles. The number of nitrogens with one attached hydrogen (secondary N) is 1. The van der Waals surface area contributed by atoms with Crippen LogP contribution in [0.2, 0.25) is 0 Å². The van der Waals surface area contributed by atoms with E-state index in [0.717, 1.165) is 0 Å². The van der Waals surface area contributed by atoms with E-state index in [9.17, 15) is 9.18 Å². The quantitative estimate of drug-likeness (QED) is 0.518. The Labute approximate surface area is 190 Å². The number of amides is 1. The smallest absolute Gasteiger partial charge is 0.257 e. The van der Waals surface area contributed by atoms with Crippen molar-refractivity contribution >= 4 is 11.7 Å². The Morgan fingerprint density at radius 3 is 2.70 bits per heavy atom. The van der Waals surface area contributed by atoms with Gasteiger partial charge in [0.1, 0.15) is 29.3 Å². The van der Waals surface area contributed by atoms with Crippen molar-refractivity contribution in [2.45, 2.75) is 39.8 Å². The second-order valence-electron chi connectivity index (χ2n) is 8.28. The van der Waals surface area contributed by atoms with E-state index in [2.05, 4.69) is 32.1 Å². The van der Waals surface area contributed by atoms with Crippen molar-refractivity contribution in [3.63, 3.8) is 0 Å². The van der Waals surface area contributed by atoms with Crippen molar-refractivity contribution in [3.05, 3.63) is 66.4 Å². The van der Waals surface area contributed by atoms with Gasteiger partial charge in [0.15, 0.2) is 5.82 Å². The fourth-order valence-corrected chi connectivity index (χ4v) is 2.90. The minimum atomic E-state index is -0.578. The molecule has 0 saturated heterocycles. The van der Waals surface area contributed by atoms with E-state index in [4.69, 9.17) is 10.3 Å². The van der Waals surface area contributed by atoms with E-state index in [-0.39, 0.29) is 29.7 Å². The lowest BCUT2D eigenvalue weighted by Gasteiger charge is -2.20. The largest absolute Gasteiger partial charge is 0.383 e. The van der Waals surface area contributed by atoms with Gasteiger partial charge in [-0.2, -0.15) is 5.10 Å². The summed E-state index contributed by atoms with van der Waals surface area (Å²) in [6, 6.07) is 3.35. The molecule has 172 valence electrons. The molecule has 0 aromatic carbocycles.